The first-order chi connectivity index (χ1) is 16.5. The number of likely N-dealkylation sites (tertiary alicyclic amines) is 1. The summed E-state index contributed by atoms with van der Waals surface area (Å²) in [5.74, 6) is 0.976. The molecular weight excluding hydrogens is 472 g/mol. The van der Waals surface area contributed by atoms with Crippen LogP contribution >= 0.6 is 0 Å². The average Bonchev–Trinajstić information content (AvgIpc) is 3.42. The second-order valence-corrected chi connectivity index (χ2v) is 9.32. The second kappa shape index (κ2) is 8.77. The summed E-state index contributed by atoms with van der Waals surface area (Å²) in [5, 5.41) is 3.70. The molecule has 1 saturated heterocycles. The van der Waals surface area contributed by atoms with Crippen LogP contribution in [0.1, 0.15) is 60.8 Å². The molecule has 5 rings (SSSR count). The number of hydrogen-bond acceptors (Lipinski definition) is 4. The monoisotopic (exact) mass is 497 g/mol. The molecule has 4 aliphatic rings. The molecule has 1 fully saturated rings. The summed E-state index contributed by atoms with van der Waals surface area (Å²) >= 11 is 0. The number of fused-ring (bicyclic) bond motifs is 3. The number of alkyl halides is 6. The van der Waals surface area contributed by atoms with Crippen LogP contribution in [0.2, 0.25) is 0 Å². The van der Waals surface area contributed by atoms with Crippen molar-refractivity contribution in [3.63, 3.8) is 0 Å². The average molecular weight is 497 g/mol. The van der Waals surface area contributed by atoms with Crippen molar-refractivity contribution in [1.29, 1.82) is 0 Å². The van der Waals surface area contributed by atoms with E-state index in [1.54, 1.807) is 6.20 Å². The lowest BCUT2D eigenvalue weighted by atomic mass is 9.86. The summed E-state index contributed by atoms with van der Waals surface area (Å²) in [7, 11) is 0. The third-order valence-corrected chi connectivity index (χ3v) is 7.08. The standard InChI is InChI=1S/C24H25F6N5/c1-2-19-33-20(21-18-3-6-31-22(18)32-13-35(19)21)15-4-7-34(8-5-15)12-14-9-16(23(25,26)27)11-17(10-14)24(28,29)30/h3,6,9-11,13,15,19-20,33H,2,4-5,7-8,12H2,1H3. The van der Waals surface area contributed by atoms with Crippen molar-refractivity contribution in [1.82, 2.24) is 24.8 Å². The molecule has 0 aliphatic carbocycles. The summed E-state index contributed by atoms with van der Waals surface area (Å²) in [6.07, 6.45) is -3.58. The van der Waals surface area contributed by atoms with Crippen LogP contribution in [0.3, 0.4) is 0 Å². The van der Waals surface area contributed by atoms with E-state index in [9.17, 15) is 26.3 Å². The summed E-state index contributed by atoms with van der Waals surface area (Å²) in [5.41, 5.74) is -0.371. The molecule has 1 N–H and O–H groups in total. The van der Waals surface area contributed by atoms with Gasteiger partial charge in [-0.25, -0.2) is 9.97 Å². The van der Waals surface area contributed by atoms with Crippen molar-refractivity contribution in [3.05, 3.63) is 59.2 Å². The van der Waals surface area contributed by atoms with Gasteiger partial charge in [0.05, 0.1) is 29.7 Å². The van der Waals surface area contributed by atoms with Crippen molar-refractivity contribution in [2.24, 2.45) is 5.92 Å². The summed E-state index contributed by atoms with van der Waals surface area (Å²) < 4.78 is 81.4. The smallest absolute Gasteiger partial charge is 0.318 e. The Hall–Kier alpha value is -2.66. The van der Waals surface area contributed by atoms with Crippen LogP contribution in [0.25, 0.3) is 11.4 Å². The minimum Gasteiger partial charge on any atom is -0.318 e. The molecule has 35 heavy (non-hydrogen) atoms. The molecule has 0 saturated carbocycles. The second-order valence-electron chi connectivity index (χ2n) is 9.32. The molecule has 0 radical (unpaired) electrons. The predicted octanol–water partition coefficient (Wildman–Crippen LogP) is 5.89. The van der Waals surface area contributed by atoms with E-state index in [4.69, 9.17) is 0 Å². The first-order valence-corrected chi connectivity index (χ1v) is 11.6. The van der Waals surface area contributed by atoms with E-state index >= 15 is 0 Å². The Kier molecular flexibility index (Phi) is 6.03. The van der Waals surface area contributed by atoms with Gasteiger partial charge in [-0.1, -0.05) is 6.92 Å². The summed E-state index contributed by atoms with van der Waals surface area (Å²) in [6, 6.07) is 3.87. The highest BCUT2D eigenvalue weighted by Gasteiger charge is 2.39. The number of nitrogens with zero attached hydrogens (tertiary/aromatic N) is 4. The maximum atomic E-state index is 13.2. The zero-order valence-electron chi connectivity index (χ0n) is 19.0. The van der Waals surface area contributed by atoms with Gasteiger partial charge in [0.15, 0.2) is 5.82 Å². The zero-order valence-corrected chi connectivity index (χ0v) is 19.0. The van der Waals surface area contributed by atoms with Gasteiger partial charge in [0.2, 0.25) is 0 Å². The van der Waals surface area contributed by atoms with Gasteiger partial charge in [0, 0.05) is 24.0 Å². The number of aromatic nitrogens is 3. The number of benzene rings is 1. The van der Waals surface area contributed by atoms with Crippen LogP contribution < -0.4 is 5.32 Å². The van der Waals surface area contributed by atoms with E-state index in [2.05, 4.69) is 26.8 Å². The number of hydrogen-bond donors (Lipinski definition) is 1. The molecule has 4 heterocycles. The molecule has 188 valence electrons. The largest absolute Gasteiger partial charge is 0.416 e. The number of piperidine rings is 1. The Morgan fingerprint density at radius 1 is 0.971 bits per heavy atom. The normalized spacial score (nSPS) is 22.1. The van der Waals surface area contributed by atoms with Crippen LogP contribution in [0.15, 0.2) is 36.8 Å². The summed E-state index contributed by atoms with van der Waals surface area (Å²) in [6.45, 7) is 3.31. The zero-order chi connectivity index (χ0) is 25.0. The van der Waals surface area contributed by atoms with E-state index < -0.39 is 23.5 Å². The molecule has 0 amide bonds. The highest BCUT2D eigenvalue weighted by atomic mass is 19.4. The molecule has 4 aliphatic heterocycles. The van der Waals surface area contributed by atoms with E-state index in [0.717, 1.165) is 42.7 Å². The summed E-state index contributed by atoms with van der Waals surface area (Å²) in [4.78, 5) is 10.7. The van der Waals surface area contributed by atoms with Gasteiger partial charge in [-0.3, -0.25) is 10.2 Å². The number of rotatable bonds is 4. The molecule has 2 atom stereocenters. The Morgan fingerprint density at radius 3 is 2.23 bits per heavy atom. The lowest BCUT2D eigenvalue weighted by Crippen LogP contribution is -2.37. The van der Waals surface area contributed by atoms with Crippen molar-refractivity contribution < 1.29 is 26.3 Å². The van der Waals surface area contributed by atoms with Gasteiger partial charge >= 0.3 is 12.4 Å². The topological polar surface area (TPSA) is 46.0 Å². The maximum Gasteiger partial charge on any atom is 0.416 e. The lowest BCUT2D eigenvalue weighted by Gasteiger charge is -2.35. The molecule has 0 spiro atoms. The van der Waals surface area contributed by atoms with Crippen LogP contribution in [0.4, 0.5) is 26.3 Å². The van der Waals surface area contributed by atoms with Gasteiger partial charge in [-0.05, 0) is 68.1 Å². The van der Waals surface area contributed by atoms with Gasteiger partial charge in [-0.15, -0.1) is 0 Å². The third-order valence-electron chi connectivity index (χ3n) is 7.08. The third kappa shape index (κ3) is 4.63. The minimum absolute atomic E-state index is 0.0205. The highest BCUT2D eigenvalue weighted by molar-refractivity contribution is 5.61. The quantitative estimate of drug-likeness (QED) is 0.457. The van der Waals surface area contributed by atoms with Crippen molar-refractivity contribution >= 4 is 0 Å². The maximum absolute atomic E-state index is 13.2. The van der Waals surface area contributed by atoms with E-state index in [0.29, 0.717) is 18.9 Å². The Bertz CT molecular complexity index is 1130. The fourth-order valence-corrected chi connectivity index (χ4v) is 5.38. The minimum atomic E-state index is -4.84. The van der Waals surface area contributed by atoms with Crippen molar-refractivity contribution in [2.75, 3.05) is 13.1 Å². The lowest BCUT2D eigenvalue weighted by molar-refractivity contribution is -0.143. The van der Waals surface area contributed by atoms with Crippen LogP contribution in [0.5, 0.6) is 0 Å². The van der Waals surface area contributed by atoms with Crippen molar-refractivity contribution in [2.45, 2.75) is 57.3 Å². The molecule has 1 aromatic carbocycles. The van der Waals surface area contributed by atoms with Gasteiger partial charge in [0.25, 0.3) is 0 Å². The molecule has 0 aromatic heterocycles. The van der Waals surface area contributed by atoms with Crippen LogP contribution in [-0.4, -0.2) is 32.5 Å². The molecule has 2 unspecified atom stereocenters. The van der Waals surface area contributed by atoms with E-state index in [1.165, 1.54) is 0 Å². The van der Waals surface area contributed by atoms with Gasteiger partial charge in [0.1, 0.15) is 0 Å². The SMILES string of the molecule is CCC1NC(C2CCN(Cc3cc(C(F)(F)F)cc(C(F)(F)F)c3)CC2)c2c3ccnc-3ncn21. The van der Waals surface area contributed by atoms with Gasteiger partial charge in [-0.2, -0.15) is 26.3 Å². The Balaban J connectivity index is 1.32. The Labute approximate surface area is 198 Å². The first-order valence-electron chi connectivity index (χ1n) is 11.6. The fraction of sp³-hybridized carbons (Fsp3) is 0.500. The van der Waals surface area contributed by atoms with E-state index in [1.807, 2.05) is 17.3 Å². The van der Waals surface area contributed by atoms with Gasteiger partial charge < -0.3 is 4.57 Å². The van der Waals surface area contributed by atoms with E-state index in [-0.39, 0.29) is 36.3 Å². The molecule has 1 aromatic rings. The molecule has 5 nitrogen and oxygen atoms in total. The Morgan fingerprint density at radius 2 is 1.63 bits per heavy atom. The van der Waals surface area contributed by atoms with Crippen LogP contribution in [-0.2, 0) is 18.9 Å². The first kappa shape index (κ1) is 24.1. The highest BCUT2D eigenvalue weighted by Crippen LogP contribution is 2.42. The molecule has 11 heteroatoms. The fourth-order valence-electron chi connectivity index (χ4n) is 5.38. The number of nitrogens with one attached hydrogen (secondary N) is 1. The predicted molar refractivity (Wildman–Crippen MR) is 116 cm³/mol. The number of halogens is 6. The van der Waals surface area contributed by atoms with Crippen molar-refractivity contribution in [3.8, 4) is 11.4 Å². The molecule has 0 bridgehead atoms. The van der Waals surface area contributed by atoms with Crippen LogP contribution in [0, 0.1) is 5.92 Å². The molecular formula is C24H25F6N5.